The summed E-state index contributed by atoms with van der Waals surface area (Å²) in [5, 5.41) is 0. The van der Waals surface area contributed by atoms with Crippen LogP contribution in [0, 0.1) is 11.8 Å². The van der Waals surface area contributed by atoms with Gasteiger partial charge in [0, 0.05) is 12.8 Å². The molecule has 98 valence electrons. The zero-order valence-electron chi connectivity index (χ0n) is 10.4. The lowest BCUT2D eigenvalue weighted by molar-refractivity contribution is -0.137. The average molecular weight is 256 g/mol. The van der Waals surface area contributed by atoms with Crippen molar-refractivity contribution >= 4 is 0 Å². The van der Waals surface area contributed by atoms with Crippen molar-refractivity contribution in [2.45, 2.75) is 32.4 Å². The van der Waals surface area contributed by atoms with E-state index in [-0.39, 0.29) is 0 Å². The van der Waals surface area contributed by atoms with Gasteiger partial charge in [-0.2, -0.15) is 13.2 Å². The predicted molar refractivity (Wildman–Crippen MR) is 64.4 cm³/mol. The monoisotopic (exact) mass is 256 g/mol. The third-order valence-electron chi connectivity index (χ3n) is 2.43. The predicted octanol–water partition coefficient (Wildman–Crippen LogP) is 4.06. The molecule has 0 radical (unpaired) electrons. The van der Waals surface area contributed by atoms with Crippen molar-refractivity contribution in [1.29, 1.82) is 0 Å². The van der Waals surface area contributed by atoms with Crippen LogP contribution in [0.3, 0.4) is 0 Å². The lowest BCUT2D eigenvalue weighted by Crippen LogP contribution is -2.06. The van der Waals surface area contributed by atoms with Gasteiger partial charge in [-0.15, -0.1) is 11.8 Å². The van der Waals surface area contributed by atoms with Gasteiger partial charge in [-0.1, -0.05) is 6.92 Å². The van der Waals surface area contributed by atoms with E-state index in [0.717, 1.165) is 18.6 Å². The summed E-state index contributed by atoms with van der Waals surface area (Å²) in [6, 6.07) is 3.51. The lowest BCUT2D eigenvalue weighted by Gasteiger charge is -2.11. The Labute approximate surface area is 105 Å². The average Bonchev–Trinajstić information content (AvgIpc) is 2.33. The maximum atomic E-state index is 12.6. The Morgan fingerprint density at radius 1 is 1.22 bits per heavy atom. The van der Waals surface area contributed by atoms with E-state index in [1.807, 2.05) is 6.92 Å². The summed E-state index contributed by atoms with van der Waals surface area (Å²) in [4.78, 5) is 0. The first-order valence-corrected chi connectivity index (χ1v) is 5.69. The third kappa shape index (κ3) is 3.99. The molecule has 1 nitrogen and oxygen atoms in total. The zero-order valence-corrected chi connectivity index (χ0v) is 10.4. The molecule has 18 heavy (non-hydrogen) atoms. The first kappa shape index (κ1) is 14.4. The van der Waals surface area contributed by atoms with Gasteiger partial charge in [-0.05, 0) is 30.2 Å². The number of hydrogen-bond donors (Lipinski definition) is 0. The van der Waals surface area contributed by atoms with E-state index < -0.39 is 11.7 Å². The molecule has 0 amide bonds. The summed E-state index contributed by atoms with van der Waals surface area (Å²) in [7, 11) is 1.45. The Balaban J connectivity index is 2.92. The molecular formula is C14H15F3O. The van der Waals surface area contributed by atoms with Crippen molar-refractivity contribution in [2.75, 3.05) is 7.11 Å². The van der Waals surface area contributed by atoms with Gasteiger partial charge >= 0.3 is 6.18 Å². The maximum absolute atomic E-state index is 12.6. The zero-order chi connectivity index (χ0) is 13.6. The molecule has 0 aromatic heterocycles. The summed E-state index contributed by atoms with van der Waals surface area (Å²) >= 11 is 0. The summed E-state index contributed by atoms with van der Waals surface area (Å²) in [5.74, 6) is 6.27. The fourth-order valence-electron chi connectivity index (χ4n) is 1.56. The second-order valence-electron chi connectivity index (χ2n) is 3.73. The largest absolute Gasteiger partial charge is 0.496 e. The number of aryl methyl sites for hydroxylation is 1. The number of hydrogen-bond acceptors (Lipinski definition) is 1. The maximum Gasteiger partial charge on any atom is 0.416 e. The van der Waals surface area contributed by atoms with Crippen molar-refractivity contribution < 1.29 is 17.9 Å². The molecule has 1 aromatic rings. The highest BCUT2D eigenvalue weighted by molar-refractivity contribution is 5.38. The van der Waals surface area contributed by atoms with Crippen LogP contribution >= 0.6 is 0 Å². The topological polar surface area (TPSA) is 9.23 Å². The van der Waals surface area contributed by atoms with Gasteiger partial charge < -0.3 is 4.74 Å². The van der Waals surface area contributed by atoms with Crippen molar-refractivity contribution in [2.24, 2.45) is 0 Å². The standard InChI is InChI=1S/C14H15F3O/c1-3-4-5-6-7-11-10-12(14(15,16)17)8-9-13(11)18-2/h8-10H,3,6-7H2,1-2H3. The number of rotatable bonds is 3. The summed E-state index contributed by atoms with van der Waals surface area (Å²) in [6.45, 7) is 1.93. The number of ether oxygens (including phenoxy) is 1. The van der Waals surface area contributed by atoms with Crippen LogP contribution in [0.25, 0.3) is 0 Å². The first-order valence-electron chi connectivity index (χ1n) is 5.69. The summed E-state index contributed by atoms with van der Waals surface area (Å²) < 4.78 is 42.8. The molecule has 1 rings (SSSR count). The third-order valence-corrected chi connectivity index (χ3v) is 2.43. The normalized spacial score (nSPS) is 10.7. The molecule has 0 saturated heterocycles. The molecule has 0 aliphatic carbocycles. The van der Waals surface area contributed by atoms with Crippen LogP contribution < -0.4 is 4.74 Å². The SMILES string of the molecule is CCC#CCCc1cc(C(F)(F)F)ccc1OC. The molecule has 0 fully saturated rings. The van der Waals surface area contributed by atoms with Crippen LogP contribution in [0.1, 0.15) is 30.9 Å². The lowest BCUT2D eigenvalue weighted by atomic mass is 10.0. The van der Waals surface area contributed by atoms with E-state index in [2.05, 4.69) is 11.8 Å². The second-order valence-corrected chi connectivity index (χ2v) is 3.73. The Morgan fingerprint density at radius 2 is 1.94 bits per heavy atom. The highest BCUT2D eigenvalue weighted by atomic mass is 19.4. The molecule has 0 spiro atoms. The van der Waals surface area contributed by atoms with Gasteiger partial charge in [-0.3, -0.25) is 0 Å². The molecule has 0 heterocycles. The van der Waals surface area contributed by atoms with Crippen LogP contribution in [-0.4, -0.2) is 7.11 Å². The highest BCUT2D eigenvalue weighted by Gasteiger charge is 2.30. The molecule has 0 bridgehead atoms. The Kier molecular flexibility index (Phi) is 5.08. The molecule has 0 saturated carbocycles. The molecular weight excluding hydrogens is 241 g/mol. The molecule has 1 aromatic carbocycles. The van der Waals surface area contributed by atoms with Crippen molar-refractivity contribution in [3.8, 4) is 17.6 Å². The number of benzene rings is 1. The van der Waals surface area contributed by atoms with Gasteiger partial charge in [0.25, 0.3) is 0 Å². The van der Waals surface area contributed by atoms with Crippen LogP contribution in [0.2, 0.25) is 0 Å². The second kappa shape index (κ2) is 6.34. The molecule has 0 aliphatic rings. The number of alkyl halides is 3. The minimum absolute atomic E-state index is 0.458. The van der Waals surface area contributed by atoms with E-state index >= 15 is 0 Å². The molecule has 0 aliphatic heterocycles. The van der Waals surface area contributed by atoms with Crippen molar-refractivity contribution in [3.05, 3.63) is 29.3 Å². The van der Waals surface area contributed by atoms with E-state index in [0.29, 0.717) is 24.2 Å². The highest BCUT2D eigenvalue weighted by Crippen LogP contribution is 2.32. The van der Waals surface area contributed by atoms with Gasteiger partial charge in [0.1, 0.15) is 5.75 Å². The van der Waals surface area contributed by atoms with Gasteiger partial charge in [0.05, 0.1) is 12.7 Å². The molecule has 4 heteroatoms. The summed E-state index contributed by atoms with van der Waals surface area (Å²) in [5.41, 5.74) is -0.112. The van der Waals surface area contributed by atoms with E-state index in [1.54, 1.807) is 0 Å². The smallest absolute Gasteiger partial charge is 0.416 e. The van der Waals surface area contributed by atoms with Crippen molar-refractivity contribution in [1.82, 2.24) is 0 Å². The molecule has 0 unspecified atom stereocenters. The van der Waals surface area contributed by atoms with Crippen LogP contribution in [0.4, 0.5) is 13.2 Å². The fraction of sp³-hybridized carbons (Fsp3) is 0.429. The van der Waals surface area contributed by atoms with Crippen molar-refractivity contribution in [3.63, 3.8) is 0 Å². The van der Waals surface area contributed by atoms with E-state index in [1.165, 1.54) is 13.2 Å². The van der Waals surface area contributed by atoms with E-state index in [9.17, 15) is 13.2 Å². The minimum atomic E-state index is -4.32. The quantitative estimate of drug-likeness (QED) is 0.741. The van der Waals surface area contributed by atoms with Gasteiger partial charge in [-0.25, -0.2) is 0 Å². The minimum Gasteiger partial charge on any atom is -0.496 e. The Hall–Kier alpha value is -1.63. The number of methoxy groups -OCH3 is 1. The molecule has 0 N–H and O–H groups in total. The van der Waals surface area contributed by atoms with E-state index in [4.69, 9.17) is 4.74 Å². The van der Waals surface area contributed by atoms with Crippen LogP contribution in [0.5, 0.6) is 5.75 Å². The Morgan fingerprint density at radius 3 is 2.50 bits per heavy atom. The first-order chi connectivity index (χ1) is 8.49. The van der Waals surface area contributed by atoms with Gasteiger partial charge in [0.2, 0.25) is 0 Å². The fourth-order valence-corrected chi connectivity index (χ4v) is 1.56. The Bertz CT molecular complexity index is 452. The molecule has 0 atom stereocenters. The number of halogens is 3. The van der Waals surface area contributed by atoms with Crippen LogP contribution in [-0.2, 0) is 12.6 Å². The van der Waals surface area contributed by atoms with Crippen LogP contribution in [0.15, 0.2) is 18.2 Å². The van der Waals surface area contributed by atoms with Gasteiger partial charge in [0.15, 0.2) is 0 Å². The summed E-state index contributed by atoms with van der Waals surface area (Å²) in [6.07, 6.45) is -2.58.